The average molecular weight is 292 g/mol. The molecule has 1 aliphatic rings. The monoisotopic (exact) mass is 292 g/mol. The van der Waals surface area contributed by atoms with E-state index in [4.69, 9.17) is 5.73 Å². The van der Waals surface area contributed by atoms with Crippen molar-refractivity contribution in [3.63, 3.8) is 0 Å². The van der Waals surface area contributed by atoms with Crippen molar-refractivity contribution in [3.8, 4) is 0 Å². The molecular weight excluding hydrogens is 264 g/mol. The van der Waals surface area contributed by atoms with Crippen LogP contribution in [-0.4, -0.2) is 35.0 Å². The molecule has 1 atom stereocenters. The molecule has 3 heteroatoms. The highest BCUT2D eigenvalue weighted by molar-refractivity contribution is 8.00. The van der Waals surface area contributed by atoms with E-state index < -0.39 is 0 Å². The molecule has 1 heterocycles. The maximum absolute atomic E-state index is 6.32. The minimum Gasteiger partial charge on any atom is -0.324 e. The van der Waals surface area contributed by atoms with E-state index in [1.54, 1.807) is 0 Å². The van der Waals surface area contributed by atoms with Crippen LogP contribution in [-0.2, 0) is 0 Å². The smallest absolute Gasteiger partial charge is 0.0307 e. The van der Waals surface area contributed by atoms with E-state index in [2.05, 4.69) is 61.7 Å². The van der Waals surface area contributed by atoms with Crippen LogP contribution >= 0.6 is 11.8 Å². The average Bonchev–Trinajstić information content (AvgIpc) is 2.58. The summed E-state index contributed by atoms with van der Waals surface area (Å²) < 4.78 is 0.438. The highest BCUT2D eigenvalue weighted by Gasteiger charge is 2.23. The summed E-state index contributed by atoms with van der Waals surface area (Å²) in [6.07, 6.45) is 2.32. The molecule has 0 bridgehead atoms. The van der Waals surface area contributed by atoms with Crippen molar-refractivity contribution >= 4 is 11.8 Å². The van der Waals surface area contributed by atoms with Gasteiger partial charge in [0.1, 0.15) is 0 Å². The molecule has 112 valence electrons. The van der Waals surface area contributed by atoms with Crippen LogP contribution in [0.25, 0.3) is 0 Å². The lowest BCUT2D eigenvalue weighted by Crippen LogP contribution is -2.30. The number of nitrogens with zero attached hydrogens (tertiary/aromatic N) is 1. The Kier molecular flexibility index (Phi) is 5.53. The molecule has 2 N–H and O–H groups in total. The Hall–Kier alpha value is -0.510. The van der Waals surface area contributed by atoms with Crippen molar-refractivity contribution in [2.45, 2.75) is 44.4 Å². The Morgan fingerprint density at radius 2 is 1.95 bits per heavy atom. The lowest BCUT2D eigenvalue weighted by Gasteiger charge is -2.23. The highest BCUT2D eigenvalue weighted by Crippen LogP contribution is 2.30. The second-order valence-corrected chi connectivity index (χ2v) is 8.31. The predicted octanol–water partition coefficient (Wildman–Crippen LogP) is 3.60. The highest BCUT2D eigenvalue weighted by atomic mass is 32.2. The summed E-state index contributed by atoms with van der Waals surface area (Å²) >= 11 is 2.10. The summed E-state index contributed by atoms with van der Waals surface area (Å²) in [6.45, 7) is 10.4. The molecular formula is C17H28N2S. The zero-order valence-electron chi connectivity index (χ0n) is 13.1. The van der Waals surface area contributed by atoms with Gasteiger partial charge in [-0.05, 0) is 38.4 Å². The molecule has 0 amide bonds. The van der Waals surface area contributed by atoms with Crippen molar-refractivity contribution in [1.82, 2.24) is 4.90 Å². The fourth-order valence-corrected chi connectivity index (χ4v) is 3.73. The molecule has 1 unspecified atom stereocenters. The molecule has 1 aromatic carbocycles. The summed E-state index contributed by atoms with van der Waals surface area (Å²) in [6, 6.07) is 8.81. The summed E-state index contributed by atoms with van der Waals surface area (Å²) in [7, 11) is 0. The van der Waals surface area contributed by atoms with Crippen molar-refractivity contribution < 1.29 is 0 Å². The van der Waals surface area contributed by atoms with E-state index in [0.717, 1.165) is 13.0 Å². The van der Waals surface area contributed by atoms with E-state index in [-0.39, 0.29) is 6.04 Å². The third-order valence-corrected chi connectivity index (χ3v) is 5.56. The fourth-order valence-electron chi connectivity index (χ4n) is 2.59. The Balaban J connectivity index is 1.81. The molecule has 1 fully saturated rings. The van der Waals surface area contributed by atoms with Gasteiger partial charge in [-0.1, -0.05) is 43.7 Å². The standard InChI is InChI=1S/C17H28N2S/c1-14-4-6-15(7-5-14)16(18)8-10-19-11-9-17(2,3)20-13-12-19/h4-7,16H,8-13,18H2,1-3H3. The maximum Gasteiger partial charge on any atom is 0.0307 e. The van der Waals surface area contributed by atoms with Crippen LogP contribution < -0.4 is 5.73 Å². The first-order valence-corrected chi connectivity index (χ1v) is 8.63. The van der Waals surface area contributed by atoms with Gasteiger partial charge in [-0.3, -0.25) is 0 Å². The summed E-state index contributed by atoms with van der Waals surface area (Å²) in [4.78, 5) is 2.58. The normalized spacial score (nSPS) is 21.4. The van der Waals surface area contributed by atoms with Gasteiger partial charge in [0.25, 0.3) is 0 Å². The number of nitrogens with two attached hydrogens (primary N) is 1. The summed E-state index contributed by atoms with van der Waals surface area (Å²) in [5, 5.41) is 0. The van der Waals surface area contributed by atoms with Gasteiger partial charge in [0.05, 0.1) is 0 Å². The van der Waals surface area contributed by atoms with E-state index >= 15 is 0 Å². The molecule has 0 aliphatic carbocycles. The Morgan fingerprint density at radius 3 is 2.65 bits per heavy atom. The van der Waals surface area contributed by atoms with Crippen LogP contribution in [0.3, 0.4) is 0 Å². The summed E-state index contributed by atoms with van der Waals surface area (Å²) in [5.41, 5.74) is 8.89. The zero-order chi connectivity index (χ0) is 14.6. The Bertz CT molecular complexity index is 414. The first-order chi connectivity index (χ1) is 9.46. The number of hydrogen-bond acceptors (Lipinski definition) is 3. The van der Waals surface area contributed by atoms with Crippen LogP contribution in [0.5, 0.6) is 0 Å². The molecule has 2 rings (SSSR count). The third-order valence-electron chi connectivity index (χ3n) is 4.19. The molecule has 0 spiro atoms. The van der Waals surface area contributed by atoms with Gasteiger partial charge in [0.2, 0.25) is 0 Å². The Labute approximate surface area is 128 Å². The second kappa shape index (κ2) is 6.97. The molecule has 1 saturated heterocycles. The summed E-state index contributed by atoms with van der Waals surface area (Å²) in [5.74, 6) is 1.24. The number of benzene rings is 1. The number of hydrogen-bond donors (Lipinski definition) is 1. The van der Waals surface area contributed by atoms with Gasteiger partial charge in [0, 0.05) is 23.1 Å². The van der Waals surface area contributed by atoms with Gasteiger partial charge >= 0.3 is 0 Å². The number of rotatable bonds is 4. The van der Waals surface area contributed by atoms with Crippen molar-refractivity contribution in [2.24, 2.45) is 5.73 Å². The minimum atomic E-state index is 0.166. The second-order valence-electron chi connectivity index (χ2n) is 6.51. The number of aryl methyl sites for hydroxylation is 1. The van der Waals surface area contributed by atoms with Crippen molar-refractivity contribution in [1.29, 1.82) is 0 Å². The van der Waals surface area contributed by atoms with Crippen molar-refractivity contribution in [2.75, 3.05) is 25.4 Å². The topological polar surface area (TPSA) is 29.3 Å². The largest absolute Gasteiger partial charge is 0.324 e. The van der Waals surface area contributed by atoms with Crippen molar-refractivity contribution in [3.05, 3.63) is 35.4 Å². The predicted molar refractivity (Wildman–Crippen MR) is 90.3 cm³/mol. The molecule has 0 radical (unpaired) electrons. The lowest BCUT2D eigenvalue weighted by atomic mass is 10.0. The van der Waals surface area contributed by atoms with Gasteiger partial charge in [-0.2, -0.15) is 11.8 Å². The third kappa shape index (κ3) is 4.80. The number of thioether (sulfide) groups is 1. The van der Waals surface area contributed by atoms with Crippen LogP contribution in [0.2, 0.25) is 0 Å². The fraction of sp³-hybridized carbons (Fsp3) is 0.647. The molecule has 0 saturated carbocycles. The van der Waals surface area contributed by atoms with E-state index in [9.17, 15) is 0 Å². The maximum atomic E-state index is 6.32. The lowest BCUT2D eigenvalue weighted by molar-refractivity contribution is 0.273. The molecule has 2 nitrogen and oxygen atoms in total. The quantitative estimate of drug-likeness (QED) is 0.919. The molecule has 1 aliphatic heterocycles. The van der Waals surface area contributed by atoms with Crippen LogP contribution in [0, 0.1) is 6.92 Å². The van der Waals surface area contributed by atoms with Gasteiger partial charge in [0.15, 0.2) is 0 Å². The van der Waals surface area contributed by atoms with E-state index in [1.165, 1.54) is 36.4 Å². The SMILES string of the molecule is Cc1ccc(C(N)CCN2CCSC(C)(C)CC2)cc1. The van der Waals surface area contributed by atoms with E-state index in [1.807, 2.05) is 0 Å². The van der Waals surface area contributed by atoms with Gasteiger partial charge in [-0.25, -0.2) is 0 Å². The first-order valence-electron chi connectivity index (χ1n) is 7.65. The Morgan fingerprint density at radius 1 is 1.25 bits per heavy atom. The van der Waals surface area contributed by atoms with Crippen LogP contribution in [0.15, 0.2) is 24.3 Å². The van der Waals surface area contributed by atoms with Crippen LogP contribution in [0.1, 0.15) is 43.9 Å². The van der Waals surface area contributed by atoms with E-state index in [0.29, 0.717) is 4.75 Å². The first kappa shape index (κ1) is 15.9. The molecule has 20 heavy (non-hydrogen) atoms. The minimum absolute atomic E-state index is 0.166. The van der Waals surface area contributed by atoms with Gasteiger partial charge in [-0.15, -0.1) is 0 Å². The van der Waals surface area contributed by atoms with Crippen LogP contribution in [0.4, 0.5) is 0 Å². The van der Waals surface area contributed by atoms with Gasteiger partial charge < -0.3 is 10.6 Å². The molecule has 1 aromatic rings. The molecule has 0 aromatic heterocycles. The zero-order valence-corrected chi connectivity index (χ0v) is 13.9.